The molecule has 0 unspecified atom stereocenters. The zero-order valence-electron chi connectivity index (χ0n) is 19.3. The number of methoxy groups -OCH3 is 1. The van der Waals surface area contributed by atoms with E-state index >= 15 is 0 Å². The Hall–Kier alpha value is -3.59. The van der Waals surface area contributed by atoms with E-state index in [1.54, 1.807) is 23.9 Å². The van der Waals surface area contributed by atoms with Crippen LogP contribution in [0.15, 0.2) is 48.8 Å². The molecule has 2 fully saturated rings. The van der Waals surface area contributed by atoms with Gasteiger partial charge < -0.3 is 24.6 Å². The largest absolute Gasteiger partial charge is 0.497 e. The third-order valence-electron chi connectivity index (χ3n) is 6.65. The molecule has 0 aliphatic carbocycles. The highest BCUT2D eigenvalue weighted by molar-refractivity contribution is 6.00. The number of carbonyl (C=O) groups is 2. The van der Waals surface area contributed by atoms with Crippen molar-refractivity contribution in [3.8, 4) is 5.75 Å². The zero-order valence-corrected chi connectivity index (χ0v) is 19.3. The van der Waals surface area contributed by atoms with Crippen molar-refractivity contribution < 1.29 is 19.1 Å². The molecular formula is C25H29N5O4. The second kappa shape index (κ2) is 9.72. The Kier molecular flexibility index (Phi) is 6.35. The summed E-state index contributed by atoms with van der Waals surface area (Å²) in [5, 5.41) is 7.33. The molecule has 178 valence electrons. The predicted molar refractivity (Wildman–Crippen MR) is 127 cm³/mol. The van der Waals surface area contributed by atoms with Crippen LogP contribution < -0.4 is 10.1 Å². The number of amides is 3. The Morgan fingerprint density at radius 3 is 2.62 bits per heavy atom. The summed E-state index contributed by atoms with van der Waals surface area (Å²) < 4.78 is 12.4. The van der Waals surface area contributed by atoms with Gasteiger partial charge in [0.25, 0.3) is 5.91 Å². The van der Waals surface area contributed by atoms with Gasteiger partial charge in [-0.15, -0.1) is 0 Å². The van der Waals surface area contributed by atoms with E-state index in [1.807, 2.05) is 34.2 Å². The molecule has 3 amide bonds. The summed E-state index contributed by atoms with van der Waals surface area (Å²) in [6.07, 6.45) is 5.30. The summed E-state index contributed by atoms with van der Waals surface area (Å²) in [6.45, 7) is 3.69. The summed E-state index contributed by atoms with van der Waals surface area (Å²) in [5.74, 6) is 1.03. The number of rotatable bonds is 4. The van der Waals surface area contributed by atoms with Crippen molar-refractivity contribution in [3.63, 3.8) is 0 Å². The smallest absolute Gasteiger partial charge is 0.321 e. The van der Waals surface area contributed by atoms with Gasteiger partial charge in [0, 0.05) is 44.1 Å². The van der Waals surface area contributed by atoms with Gasteiger partial charge in [-0.1, -0.05) is 6.07 Å². The van der Waals surface area contributed by atoms with Gasteiger partial charge in [-0.2, -0.15) is 5.10 Å². The van der Waals surface area contributed by atoms with Gasteiger partial charge in [0.1, 0.15) is 5.75 Å². The molecule has 0 bridgehead atoms. The molecule has 0 atom stereocenters. The fourth-order valence-corrected chi connectivity index (χ4v) is 4.67. The van der Waals surface area contributed by atoms with Crippen molar-refractivity contribution in [1.82, 2.24) is 19.4 Å². The van der Waals surface area contributed by atoms with Crippen LogP contribution in [-0.2, 0) is 4.74 Å². The van der Waals surface area contributed by atoms with Crippen LogP contribution in [-0.4, -0.2) is 77.9 Å². The third-order valence-corrected chi connectivity index (χ3v) is 6.65. The first kappa shape index (κ1) is 22.2. The number of piperidine rings is 1. The summed E-state index contributed by atoms with van der Waals surface area (Å²) in [4.78, 5) is 29.4. The normalized spacial score (nSPS) is 17.1. The van der Waals surface area contributed by atoms with Crippen molar-refractivity contribution in [1.29, 1.82) is 0 Å². The number of nitrogens with zero attached hydrogens (tertiary/aromatic N) is 4. The van der Waals surface area contributed by atoms with Crippen LogP contribution in [0.3, 0.4) is 0 Å². The van der Waals surface area contributed by atoms with Gasteiger partial charge >= 0.3 is 6.03 Å². The van der Waals surface area contributed by atoms with Crippen molar-refractivity contribution in [3.05, 3.63) is 59.9 Å². The van der Waals surface area contributed by atoms with Gasteiger partial charge in [0.05, 0.1) is 37.6 Å². The number of nitrogens with one attached hydrogen (secondary N) is 1. The molecule has 2 saturated heterocycles. The SMILES string of the molecule is COc1cccc(NC(=O)N2CCC(c3ccn4ncc(C(=O)N5CCOCC5)c4c3)CC2)c1. The molecule has 0 radical (unpaired) electrons. The number of pyridine rings is 1. The van der Waals surface area contributed by atoms with E-state index in [4.69, 9.17) is 9.47 Å². The number of fused-ring (bicyclic) bond motifs is 1. The molecule has 1 N–H and O–H groups in total. The quantitative estimate of drug-likeness (QED) is 0.642. The van der Waals surface area contributed by atoms with Crippen molar-refractivity contribution in [2.24, 2.45) is 0 Å². The minimum absolute atomic E-state index is 0.000479. The average Bonchev–Trinajstić information content (AvgIpc) is 3.32. The molecule has 34 heavy (non-hydrogen) atoms. The molecule has 1 aromatic carbocycles. The first-order chi connectivity index (χ1) is 16.6. The number of carbonyl (C=O) groups excluding carboxylic acids is 2. The van der Waals surface area contributed by atoms with E-state index in [9.17, 15) is 9.59 Å². The van der Waals surface area contributed by atoms with E-state index in [0.29, 0.717) is 56.6 Å². The zero-order chi connectivity index (χ0) is 23.5. The molecule has 0 spiro atoms. The van der Waals surface area contributed by atoms with Crippen molar-refractivity contribution in [2.45, 2.75) is 18.8 Å². The monoisotopic (exact) mass is 463 g/mol. The number of aromatic nitrogens is 2. The number of hydrogen-bond donors (Lipinski definition) is 1. The lowest BCUT2D eigenvalue weighted by atomic mass is 9.89. The third kappa shape index (κ3) is 4.56. The minimum Gasteiger partial charge on any atom is -0.497 e. The van der Waals surface area contributed by atoms with Crippen LogP contribution in [0, 0.1) is 0 Å². The maximum absolute atomic E-state index is 13.0. The topological polar surface area (TPSA) is 88.4 Å². The fraction of sp³-hybridized carbons (Fsp3) is 0.400. The lowest BCUT2D eigenvalue weighted by Gasteiger charge is -2.32. The molecule has 4 heterocycles. The highest BCUT2D eigenvalue weighted by atomic mass is 16.5. The van der Waals surface area contributed by atoms with Crippen molar-refractivity contribution >= 4 is 23.1 Å². The molecule has 9 heteroatoms. The number of anilines is 1. The number of ether oxygens (including phenoxy) is 2. The predicted octanol–water partition coefficient (Wildman–Crippen LogP) is 3.23. The van der Waals surface area contributed by atoms with Crippen LogP contribution in [0.2, 0.25) is 0 Å². The first-order valence-electron chi connectivity index (χ1n) is 11.7. The highest BCUT2D eigenvalue weighted by Crippen LogP contribution is 2.30. The Bertz CT molecular complexity index is 1180. The van der Waals surface area contributed by atoms with E-state index in [1.165, 1.54) is 5.56 Å². The Balaban J connectivity index is 1.24. The average molecular weight is 464 g/mol. The van der Waals surface area contributed by atoms with Crippen LogP contribution in [0.5, 0.6) is 5.75 Å². The Morgan fingerprint density at radius 1 is 1.06 bits per heavy atom. The van der Waals surface area contributed by atoms with Crippen LogP contribution in [0.25, 0.3) is 5.52 Å². The maximum atomic E-state index is 13.0. The molecular weight excluding hydrogens is 434 g/mol. The summed E-state index contributed by atoms with van der Waals surface area (Å²) in [6, 6.07) is 11.4. The first-order valence-corrected chi connectivity index (χ1v) is 11.7. The maximum Gasteiger partial charge on any atom is 0.321 e. The van der Waals surface area contributed by atoms with Gasteiger partial charge in [0.15, 0.2) is 0 Å². The molecule has 0 saturated carbocycles. The molecule has 2 aliphatic heterocycles. The summed E-state index contributed by atoms with van der Waals surface area (Å²) >= 11 is 0. The second-order valence-corrected chi connectivity index (χ2v) is 8.68. The van der Waals surface area contributed by atoms with Gasteiger partial charge in [-0.3, -0.25) is 4.79 Å². The standard InChI is InChI=1S/C25H29N5O4/c1-33-21-4-2-3-20(16-21)27-25(32)29-8-5-18(6-9-29)19-7-10-30-23(15-19)22(17-26-30)24(31)28-11-13-34-14-12-28/h2-4,7,10,15-18H,5-6,8-9,11-14H2,1H3,(H,27,32). The lowest BCUT2D eigenvalue weighted by Crippen LogP contribution is -2.40. The van der Waals surface area contributed by atoms with Crippen LogP contribution in [0.4, 0.5) is 10.5 Å². The number of benzene rings is 1. The number of urea groups is 1. The van der Waals surface area contributed by atoms with E-state index in [2.05, 4.69) is 22.5 Å². The van der Waals surface area contributed by atoms with Gasteiger partial charge in [-0.25, -0.2) is 9.31 Å². The molecule has 3 aromatic rings. The van der Waals surface area contributed by atoms with E-state index in [0.717, 1.165) is 24.0 Å². The summed E-state index contributed by atoms with van der Waals surface area (Å²) in [7, 11) is 1.61. The molecule has 5 rings (SSSR count). The number of morpholine rings is 1. The second-order valence-electron chi connectivity index (χ2n) is 8.68. The molecule has 9 nitrogen and oxygen atoms in total. The number of hydrogen-bond acceptors (Lipinski definition) is 5. The fourth-order valence-electron chi connectivity index (χ4n) is 4.67. The molecule has 2 aliphatic rings. The van der Waals surface area contributed by atoms with E-state index < -0.39 is 0 Å². The number of likely N-dealkylation sites (tertiary alicyclic amines) is 1. The summed E-state index contributed by atoms with van der Waals surface area (Å²) in [5.41, 5.74) is 3.35. The van der Waals surface area contributed by atoms with Crippen molar-refractivity contribution in [2.75, 3.05) is 51.8 Å². The minimum atomic E-state index is -0.101. The highest BCUT2D eigenvalue weighted by Gasteiger charge is 2.26. The van der Waals surface area contributed by atoms with Gasteiger partial charge in [0.2, 0.25) is 0 Å². The Morgan fingerprint density at radius 2 is 1.85 bits per heavy atom. The molecule has 2 aromatic heterocycles. The Labute approximate surface area is 198 Å². The van der Waals surface area contributed by atoms with Crippen LogP contribution >= 0.6 is 0 Å². The van der Waals surface area contributed by atoms with E-state index in [-0.39, 0.29) is 11.9 Å². The lowest BCUT2D eigenvalue weighted by molar-refractivity contribution is 0.0304. The van der Waals surface area contributed by atoms with Gasteiger partial charge in [-0.05, 0) is 48.6 Å². The van der Waals surface area contributed by atoms with Crippen LogP contribution in [0.1, 0.15) is 34.7 Å².